The third kappa shape index (κ3) is 5.88. The van der Waals surface area contributed by atoms with Crippen LogP contribution in [0, 0.1) is 6.92 Å². The number of hydrogen-bond acceptors (Lipinski definition) is 7. The van der Waals surface area contributed by atoms with E-state index in [1.54, 1.807) is 38.3 Å². The normalized spacial score (nSPS) is 11.3. The Bertz CT molecular complexity index is 1330. The second-order valence-electron chi connectivity index (χ2n) is 7.77. The predicted molar refractivity (Wildman–Crippen MR) is 137 cm³/mol. The minimum atomic E-state index is -0.269. The van der Waals surface area contributed by atoms with Gasteiger partial charge in [0.2, 0.25) is 0 Å². The van der Waals surface area contributed by atoms with Crippen LogP contribution in [0.4, 0.5) is 0 Å². The average molecular weight is 488 g/mol. The summed E-state index contributed by atoms with van der Waals surface area (Å²) in [6.07, 6.45) is 0. The third-order valence-corrected chi connectivity index (χ3v) is 6.17. The predicted octanol–water partition coefficient (Wildman–Crippen LogP) is 4.59. The lowest BCUT2D eigenvalue weighted by Crippen LogP contribution is -2.21. The molecular formula is C26H25N5O3S. The lowest BCUT2D eigenvalue weighted by Gasteiger charge is -2.11. The molecule has 1 aromatic heterocycles. The summed E-state index contributed by atoms with van der Waals surface area (Å²) in [6.45, 7) is 3.82. The van der Waals surface area contributed by atoms with Crippen LogP contribution in [0.25, 0.3) is 17.1 Å². The van der Waals surface area contributed by atoms with E-state index in [0.717, 1.165) is 28.1 Å². The molecule has 9 heteroatoms. The largest absolute Gasteiger partial charge is 0.508 e. The van der Waals surface area contributed by atoms with E-state index in [1.165, 1.54) is 11.8 Å². The zero-order valence-corrected chi connectivity index (χ0v) is 20.4. The number of phenols is 1. The van der Waals surface area contributed by atoms with Gasteiger partial charge in [-0.15, -0.1) is 10.2 Å². The average Bonchev–Trinajstić information content (AvgIpc) is 3.31. The van der Waals surface area contributed by atoms with Gasteiger partial charge in [0, 0.05) is 11.3 Å². The number of aryl methyl sites for hydroxylation is 1. The van der Waals surface area contributed by atoms with E-state index < -0.39 is 0 Å². The summed E-state index contributed by atoms with van der Waals surface area (Å²) in [7, 11) is 1.62. The highest BCUT2D eigenvalue weighted by Gasteiger charge is 2.17. The first-order valence-corrected chi connectivity index (χ1v) is 11.9. The first-order valence-electron chi connectivity index (χ1n) is 10.9. The molecule has 0 bridgehead atoms. The number of hydrazone groups is 1. The zero-order chi connectivity index (χ0) is 24.8. The molecule has 0 unspecified atom stereocenters. The number of ether oxygens (including phenoxy) is 1. The quantitative estimate of drug-likeness (QED) is 0.214. The third-order valence-electron chi connectivity index (χ3n) is 5.24. The molecule has 0 spiro atoms. The maximum atomic E-state index is 12.5. The first kappa shape index (κ1) is 24.0. The van der Waals surface area contributed by atoms with Gasteiger partial charge in [-0.05, 0) is 67.9 Å². The van der Waals surface area contributed by atoms with Gasteiger partial charge in [0.1, 0.15) is 11.5 Å². The van der Waals surface area contributed by atoms with Gasteiger partial charge in [-0.3, -0.25) is 9.36 Å². The lowest BCUT2D eigenvalue weighted by molar-refractivity contribution is -0.118. The number of nitrogens with zero attached hydrogens (tertiary/aromatic N) is 4. The standard InChI is InChI=1S/C26H25N5O3S/c1-17-4-6-20(7-5-17)25-29-30-26(31(25)21-10-14-23(34-3)15-11-21)35-16-24(33)28-27-18(2)19-8-12-22(32)13-9-19/h4-15,32H,16H2,1-3H3,(H,28,33)/b27-18+. The van der Waals surface area contributed by atoms with Gasteiger partial charge in [-0.25, -0.2) is 5.43 Å². The van der Waals surface area contributed by atoms with Gasteiger partial charge in [-0.2, -0.15) is 5.10 Å². The van der Waals surface area contributed by atoms with Crippen LogP contribution < -0.4 is 10.2 Å². The SMILES string of the molecule is COc1ccc(-n2c(SCC(=O)N/N=C(\C)c3ccc(O)cc3)nnc2-c2ccc(C)cc2)cc1. The van der Waals surface area contributed by atoms with Crippen molar-refractivity contribution in [1.82, 2.24) is 20.2 Å². The minimum absolute atomic E-state index is 0.106. The number of carbonyl (C=O) groups excluding carboxylic acids is 1. The van der Waals surface area contributed by atoms with Crippen molar-refractivity contribution in [2.24, 2.45) is 5.10 Å². The molecule has 1 heterocycles. The van der Waals surface area contributed by atoms with E-state index in [2.05, 4.69) is 20.7 Å². The Kier molecular flexibility index (Phi) is 7.47. The maximum absolute atomic E-state index is 12.5. The van der Waals surface area contributed by atoms with Gasteiger partial charge in [0.15, 0.2) is 11.0 Å². The molecule has 4 rings (SSSR count). The Morgan fingerprint density at radius 3 is 2.37 bits per heavy atom. The summed E-state index contributed by atoms with van der Waals surface area (Å²) >= 11 is 1.27. The number of carbonyl (C=O) groups is 1. The van der Waals surface area contributed by atoms with Crippen molar-refractivity contribution in [1.29, 1.82) is 0 Å². The number of aromatic hydroxyl groups is 1. The van der Waals surface area contributed by atoms with Crippen LogP contribution in [-0.4, -0.2) is 44.4 Å². The number of hydrogen-bond donors (Lipinski definition) is 2. The summed E-state index contributed by atoms with van der Waals surface area (Å²) in [5.74, 6) is 1.44. The molecule has 0 fully saturated rings. The van der Waals surface area contributed by atoms with Crippen LogP contribution >= 0.6 is 11.8 Å². The molecule has 0 aliphatic heterocycles. The Labute approximate surface area is 207 Å². The second kappa shape index (κ2) is 10.9. The topological polar surface area (TPSA) is 102 Å². The molecule has 0 saturated heterocycles. The number of benzene rings is 3. The van der Waals surface area contributed by atoms with Crippen molar-refractivity contribution in [3.05, 3.63) is 83.9 Å². The Hall–Kier alpha value is -4.11. The molecule has 1 amide bonds. The molecule has 2 N–H and O–H groups in total. The minimum Gasteiger partial charge on any atom is -0.508 e. The monoisotopic (exact) mass is 487 g/mol. The smallest absolute Gasteiger partial charge is 0.250 e. The number of phenolic OH excluding ortho intramolecular Hbond substituents is 1. The maximum Gasteiger partial charge on any atom is 0.250 e. The fraction of sp³-hybridized carbons (Fsp3) is 0.154. The summed E-state index contributed by atoms with van der Waals surface area (Å²) in [4.78, 5) is 12.5. The van der Waals surface area contributed by atoms with Crippen molar-refractivity contribution in [2.75, 3.05) is 12.9 Å². The van der Waals surface area contributed by atoms with Gasteiger partial charge in [-0.1, -0.05) is 41.6 Å². The van der Waals surface area contributed by atoms with Crippen LogP contribution in [0.2, 0.25) is 0 Å². The first-order chi connectivity index (χ1) is 16.9. The highest BCUT2D eigenvalue weighted by Crippen LogP contribution is 2.29. The van der Waals surface area contributed by atoms with Crippen molar-refractivity contribution in [2.45, 2.75) is 19.0 Å². The molecule has 0 aliphatic carbocycles. The summed E-state index contributed by atoms with van der Waals surface area (Å²) in [5.41, 5.74) is 6.94. The van der Waals surface area contributed by atoms with E-state index in [1.807, 2.05) is 60.0 Å². The van der Waals surface area contributed by atoms with Gasteiger partial charge < -0.3 is 9.84 Å². The number of rotatable bonds is 8. The van der Waals surface area contributed by atoms with Crippen LogP contribution in [0.3, 0.4) is 0 Å². The van der Waals surface area contributed by atoms with Gasteiger partial charge >= 0.3 is 0 Å². The fourth-order valence-electron chi connectivity index (χ4n) is 3.29. The molecule has 0 atom stereocenters. The summed E-state index contributed by atoms with van der Waals surface area (Å²) in [5, 5.41) is 22.9. The number of amides is 1. The number of aromatic nitrogens is 3. The zero-order valence-electron chi connectivity index (χ0n) is 19.6. The van der Waals surface area contributed by atoms with Crippen LogP contribution in [0.15, 0.2) is 83.1 Å². The van der Waals surface area contributed by atoms with Crippen LogP contribution in [0.1, 0.15) is 18.1 Å². The molecule has 0 saturated carbocycles. The fourth-order valence-corrected chi connectivity index (χ4v) is 4.04. The van der Waals surface area contributed by atoms with Crippen molar-refractivity contribution >= 4 is 23.4 Å². The molecule has 35 heavy (non-hydrogen) atoms. The summed E-state index contributed by atoms with van der Waals surface area (Å²) in [6, 6.07) is 22.3. The van der Waals surface area contributed by atoms with Gasteiger partial charge in [0.05, 0.1) is 18.6 Å². The highest BCUT2D eigenvalue weighted by molar-refractivity contribution is 7.99. The Balaban J connectivity index is 1.53. The molecule has 4 aromatic rings. The van der Waals surface area contributed by atoms with E-state index in [0.29, 0.717) is 16.7 Å². The Morgan fingerprint density at radius 1 is 1.03 bits per heavy atom. The summed E-state index contributed by atoms with van der Waals surface area (Å²) < 4.78 is 7.21. The van der Waals surface area contributed by atoms with Crippen molar-refractivity contribution in [3.8, 4) is 28.6 Å². The molecule has 8 nitrogen and oxygen atoms in total. The Morgan fingerprint density at radius 2 is 1.71 bits per heavy atom. The molecule has 178 valence electrons. The lowest BCUT2D eigenvalue weighted by atomic mass is 10.1. The van der Waals surface area contributed by atoms with E-state index >= 15 is 0 Å². The van der Waals surface area contributed by atoms with Gasteiger partial charge in [0.25, 0.3) is 5.91 Å². The number of nitrogens with one attached hydrogen (secondary N) is 1. The van der Waals surface area contributed by atoms with E-state index in [9.17, 15) is 9.90 Å². The molecule has 0 radical (unpaired) electrons. The second-order valence-corrected chi connectivity index (χ2v) is 8.72. The van der Waals surface area contributed by atoms with Crippen LogP contribution in [-0.2, 0) is 4.79 Å². The van der Waals surface area contributed by atoms with E-state index in [4.69, 9.17) is 4.74 Å². The van der Waals surface area contributed by atoms with Crippen molar-refractivity contribution in [3.63, 3.8) is 0 Å². The highest BCUT2D eigenvalue weighted by atomic mass is 32.2. The van der Waals surface area contributed by atoms with E-state index in [-0.39, 0.29) is 17.4 Å². The van der Waals surface area contributed by atoms with Crippen molar-refractivity contribution < 1.29 is 14.6 Å². The van der Waals surface area contributed by atoms with Crippen LogP contribution in [0.5, 0.6) is 11.5 Å². The molecule has 3 aromatic carbocycles. The molecule has 0 aliphatic rings. The number of thioether (sulfide) groups is 1. The number of methoxy groups -OCH3 is 1. The molecular weight excluding hydrogens is 462 g/mol.